The van der Waals surface area contributed by atoms with E-state index in [0.29, 0.717) is 30.3 Å². The highest BCUT2D eigenvalue weighted by atomic mass is 32.1. The maximum absolute atomic E-state index is 9.81. The van der Waals surface area contributed by atoms with E-state index in [4.69, 9.17) is 25.8 Å². The number of aliphatic hydroxyl groups excluding tert-OH is 1. The van der Waals surface area contributed by atoms with Crippen LogP contribution in [0.1, 0.15) is 23.3 Å². The summed E-state index contributed by atoms with van der Waals surface area (Å²) in [5.41, 5.74) is 9.01. The molecule has 0 atom stereocenters. The fourth-order valence-corrected chi connectivity index (χ4v) is 5.54. The molecule has 2 aliphatic heterocycles. The highest BCUT2D eigenvalue weighted by molar-refractivity contribution is 7.19. The van der Waals surface area contributed by atoms with Crippen LogP contribution >= 0.6 is 11.3 Å². The van der Waals surface area contributed by atoms with E-state index in [9.17, 15) is 5.11 Å². The largest absolute Gasteiger partial charge is 0.398 e. The number of hydrogen-bond acceptors (Lipinski definition) is 9. The van der Waals surface area contributed by atoms with E-state index in [1.165, 1.54) is 11.1 Å². The van der Waals surface area contributed by atoms with Crippen LogP contribution in [0.2, 0.25) is 0 Å². The van der Waals surface area contributed by atoms with Crippen molar-refractivity contribution in [3.05, 3.63) is 34.7 Å². The lowest BCUT2D eigenvalue weighted by Gasteiger charge is -2.29. The minimum absolute atomic E-state index is 0.170. The molecular weight excluding hydrogens is 424 g/mol. The number of rotatable bonds is 5. The number of hydrogen-bond donors (Lipinski definition) is 3. The number of anilines is 2. The van der Waals surface area contributed by atoms with Crippen LogP contribution in [-0.4, -0.2) is 71.7 Å². The van der Waals surface area contributed by atoms with Gasteiger partial charge in [0.1, 0.15) is 0 Å². The quantitative estimate of drug-likeness (QED) is 0.403. The molecule has 2 fully saturated rings. The summed E-state index contributed by atoms with van der Waals surface area (Å²) in [7, 11) is 0. The maximum atomic E-state index is 9.81. The van der Waals surface area contributed by atoms with Crippen molar-refractivity contribution in [1.29, 1.82) is 5.41 Å². The van der Waals surface area contributed by atoms with E-state index in [1.54, 1.807) is 17.4 Å². The molecule has 0 bridgehead atoms. The number of ether oxygens (including phenoxy) is 1. The number of benzene rings is 1. The highest BCUT2D eigenvalue weighted by Crippen LogP contribution is 2.36. The van der Waals surface area contributed by atoms with Crippen molar-refractivity contribution in [2.45, 2.75) is 25.5 Å². The molecule has 2 aromatic heterocycles. The van der Waals surface area contributed by atoms with Crippen molar-refractivity contribution in [2.24, 2.45) is 0 Å². The molecule has 168 valence electrons. The van der Waals surface area contributed by atoms with E-state index < -0.39 is 0 Å². The number of morpholine rings is 1. The van der Waals surface area contributed by atoms with Crippen molar-refractivity contribution in [2.75, 3.05) is 50.0 Å². The Morgan fingerprint density at radius 3 is 2.72 bits per heavy atom. The Labute approximate surface area is 191 Å². The first-order valence-corrected chi connectivity index (χ1v) is 11.9. The Bertz CT molecular complexity index is 1120. The lowest BCUT2D eigenvalue weighted by molar-refractivity contribution is 0.0797. The molecule has 3 aromatic rings. The highest BCUT2D eigenvalue weighted by Gasteiger charge is 2.23. The number of aromatic nitrogens is 2. The van der Waals surface area contributed by atoms with Gasteiger partial charge in [-0.25, -0.2) is 9.97 Å². The smallest absolute Gasteiger partial charge is 0.162 e. The van der Waals surface area contributed by atoms with Crippen LogP contribution in [-0.2, 0) is 11.3 Å². The fraction of sp³-hybridized carbons (Fsp3) is 0.435. The van der Waals surface area contributed by atoms with E-state index in [1.807, 2.05) is 12.1 Å². The van der Waals surface area contributed by atoms with Gasteiger partial charge in [0.25, 0.3) is 0 Å². The predicted molar refractivity (Wildman–Crippen MR) is 129 cm³/mol. The molecule has 2 saturated heterocycles. The second-order valence-electron chi connectivity index (χ2n) is 8.36. The lowest BCUT2D eigenvalue weighted by Crippen LogP contribution is -2.36. The van der Waals surface area contributed by atoms with Gasteiger partial charge in [-0.05, 0) is 25.0 Å². The van der Waals surface area contributed by atoms with Gasteiger partial charge < -0.3 is 25.9 Å². The van der Waals surface area contributed by atoms with Gasteiger partial charge in [0.15, 0.2) is 11.6 Å². The third-order valence-corrected chi connectivity index (χ3v) is 7.28. The van der Waals surface area contributed by atoms with Crippen LogP contribution in [0.3, 0.4) is 0 Å². The van der Waals surface area contributed by atoms with Crippen molar-refractivity contribution in [3.63, 3.8) is 0 Å². The SMILES string of the molecule is N=Cc1c(N)cccc1-c1nc(N2CCOCC2)c2sc(CN3CCC(O)CC3)cc2n1. The van der Waals surface area contributed by atoms with E-state index in [-0.39, 0.29) is 6.10 Å². The fourth-order valence-electron chi connectivity index (χ4n) is 4.39. The summed E-state index contributed by atoms with van der Waals surface area (Å²) in [4.78, 5) is 15.8. The second-order valence-corrected chi connectivity index (χ2v) is 9.49. The predicted octanol–water partition coefficient (Wildman–Crippen LogP) is 2.73. The number of nitrogens with one attached hydrogen (secondary N) is 1. The van der Waals surface area contributed by atoms with Gasteiger partial charge in [-0.3, -0.25) is 4.90 Å². The van der Waals surface area contributed by atoms with Gasteiger partial charge in [0.05, 0.1) is 29.5 Å². The van der Waals surface area contributed by atoms with Gasteiger partial charge in [-0.2, -0.15) is 0 Å². The molecule has 0 spiro atoms. The Morgan fingerprint density at radius 2 is 1.97 bits per heavy atom. The normalized spacial score (nSPS) is 18.3. The summed E-state index contributed by atoms with van der Waals surface area (Å²) >= 11 is 1.75. The van der Waals surface area contributed by atoms with E-state index >= 15 is 0 Å². The zero-order valence-electron chi connectivity index (χ0n) is 18.0. The molecule has 8 nitrogen and oxygen atoms in total. The molecule has 0 radical (unpaired) electrons. The Hall–Kier alpha value is -2.59. The minimum atomic E-state index is -0.170. The molecule has 1 aromatic carbocycles. The second kappa shape index (κ2) is 9.11. The van der Waals surface area contributed by atoms with Gasteiger partial charge in [-0.1, -0.05) is 12.1 Å². The zero-order valence-corrected chi connectivity index (χ0v) is 18.8. The third-order valence-electron chi connectivity index (χ3n) is 6.18. The summed E-state index contributed by atoms with van der Waals surface area (Å²) < 4.78 is 6.65. The number of nitrogen functional groups attached to an aromatic ring is 1. The summed E-state index contributed by atoms with van der Waals surface area (Å²) in [6, 6.07) is 7.76. The first kappa shape index (κ1) is 21.3. The first-order valence-electron chi connectivity index (χ1n) is 11.1. The molecule has 32 heavy (non-hydrogen) atoms. The van der Waals surface area contributed by atoms with Crippen LogP contribution in [0.5, 0.6) is 0 Å². The van der Waals surface area contributed by atoms with Crippen LogP contribution < -0.4 is 10.6 Å². The van der Waals surface area contributed by atoms with Crippen LogP contribution in [0.25, 0.3) is 21.6 Å². The molecule has 4 heterocycles. The van der Waals surface area contributed by atoms with E-state index in [0.717, 1.165) is 67.2 Å². The molecular formula is C23H28N6O2S. The maximum Gasteiger partial charge on any atom is 0.162 e. The first-order chi connectivity index (χ1) is 15.6. The van der Waals surface area contributed by atoms with Crippen LogP contribution in [0.15, 0.2) is 24.3 Å². The summed E-state index contributed by atoms with van der Waals surface area (Å²) in [6.07, 6.45) is 2.76. The zero-order chi connectivity index (χ0) is 22.1. The number of piperidine rings is 1. The molecule has 0 aliphatic carbocycles. The van der Waals surface area contributed by atoms with Crippen LogP contribution in [0.4, 0.5) is 11.5 Å². The number of nitrogens with zero attached hydrogens (tertiary/aromatic N) is 4. The summed E-state index contributed by atoms with van der Waals surface area (Å²) in [5, 5.41) is 17.6. The number of likely N-dealkylation sites (tertiary alicyclic amines) is 1. The number of thiophene rings is 1. The van der Waals surface area contributed by atoms with Gasteiger partial charge in [0.2, 0.25) is 0 Å². The monoisotopic (exact) mass is 452 g/mol. The summed E-state index contributed by atoms with van der Waals surface area (Å²) in [6.45, 7) is 5.62. The Balaban J connectivity index is 1.57. The van der Waals surface area contributed by atoms with Crippen molar-refractivity contribution < 1.29 is 9.84 Å². The average Bonchev–Trinajstić information content (AvgIpc) is 3.22. The number of nitrogens with two attached hydrogens (primary N) is 1. The average molecular weight is 453 g/mol. The summed E-state index contributed by atoms with van der Waals surface area (Å²) in [5.74, 6) is 1.52. The molecule has 2 aliphatic rings. The van der Waals surface area contributed by atoms with Crippen molar-refractivity contribution >= 4 is 39.3 Å². The molecule has 5 rings (SSSR count). The molecule has 0 saturated carbocycles. The number of aliphatic hydroxyl groups is 1. The van der Waals surface area contributed by atoms with Crippen LogP contribution in [0, 0.1) is 5.41 Å². The standard InChI is InChI=1S/C23H28N6O2S/c24-13-18-17(2-1-3-19(18)25)22-26-20-12-16(14-28-6-4-15(30)5-7-28)32-21(20)23(27-22)29-8-10-31-11-9-29/h1-3,12-13,15,24,30H,4-11,14,25H2. The molecule has 0 amide bonds. The number of fused-ring (bicyclic) bond motifs is 1. The van der Waals surface area contributed by atoms with Gasteiger partial charge in [0, 0.05) is 60.6 Å². The van der Waals surface area contributed by atoms with Gasteiger partial charge in [-0.15, -0.1) is 11.3 Å². The lowest BCUT2D eigenvalue weighted by atomic mass is 10.1. The van der Waals surface area contributed by atoms with Crippen molar-refractivity contribution in [1.82, 2.24) is 14.9 Å². The topological polar surface area (TPSA) is 112 Å². The van der Waals surface area contributed by atoms with Gasteiger partial charge >= 0.3 is 0 Å². The minimum Gasteiger partial charge on any atom is -0.398 e. The van der Waals surface area contributed by atoms with E-state index in [2.05, 4.69) is 15.9 Å². The Kier molecular flexibility index (Phi) is 6.05. The van der Waals surface area contributed by atoms with Crippen molar-refractivity contribution in [3.8, 4) is 11.4 Å². The molecule has 0 unspecified atom stereocenters. The Morgan fingerprint density at radius 1 is 1.19 bits per heavy atom. The third kappa shape index (κ3) is 4.21. The molecule has 9 heteroatoms. The molecule has 4 N–H and O–H groups in total.